The molecule has 1 amide bonds. The molecule has 65 heavy (non-hydrogen) atoms. The first-order chi connectivity index (χ1) is 29.9. The number of carbonyl (C=O) groups is 1. The Morgan fingerprint density at radius 2 is 0.846 bits per heavy atom. The number of hydrogen-bond acceptors (Lipinski definition) is 26. The quantitative estimate of drug-likeness (QED) is 0.0567. The molecular weight excluding hydrogens is 1100 g/mol. The topological polar surface area (TPSA) is 449 Å². The van der Waals surface area contributed by atoms with Crippen LogP contribution >= 0.6 is 0 Å². The molecule has 25 atom stereocenters. The molecule has 0 spiro atoms. The maximum atomic E-state index is 11.4. The predicted octanol–water partition coefficient (Wildman–Crippen LogP) is -9.68. The van der Waals surface area contributed by atoms with Crippen molar-refractivity contribution in [2.24, 2.45) is 0 Å². The molecule has 0 aromatic carbocycles. The first-order valence-corrected chi connectivity index (χ1v) is 20.2. The van der Waals surface area contributed by atoms with Crippen LogP contribution in [0.2, 0.25) is 0 Å². The number of amides is 1. The first kappa shape index (κ1) is 59.2. The molecule has 5 aliphatic rings. The van der Waals surface area contributed by atoms with Crippen LogP contribution in [0.4, 0.5) is 0 Å². The SMILES string of the molecule is C.CC(=O)NCCCOC1OC(CO)[C@@H](O[C@@H]2OC(CO)[C@H](O)C(O[C@@H]3OC(CO)[C@@H](OC4OC(CO)[C@H](O)C(OC5OC(CO)[C@H](O)C(O)C5O)C4O)C(O)C3[NH-])C2O)C(O)C1O.[Ac]. The molecule has 5 rings (SSSR count). The van der Waals surface area contributed by atoms with Crippen LogP contribution in [0.15, 0.2) is 0 Å². The van der Waals surface area contributed by atoms with E-state index in [0.29, 0.717) is 6.42 Å². The number of aliphatic hydroxyl groups is 15. The van der Waals surface area contributed by atoms with Gasteiger partial charge in [0.2, 0.25) is 5.91 Å². The number of ether oxygens (including phenoxy) is 10. The third-order valence-electron chi connectivity index (χ3n) is 11.3. The van der Waals surface area contributed by atoms with E-state index in [0.717, 1.165) is 0 Å². The van der Waals surface area contributed by atoms with Crippen LogP contribution in [0.3, 0.4) is 0 Å². The van der Waals surface area contributed by atoms with Gasteiger partial charge in [-0.1, -0.05) is 13.5 Å². The van der Waals surface area contributed by atoms with Crippen LogP contribution < -0.4 is 5.32 Å². The second-order valence-electron chi connectivity index (χ2n) is 15.7. The van der Waals surface area contributed by atoms with Crippen molar-refractivity contribution in [1.82, 2.24) is 5.32 Å². The molecule has 0 bridgehead atoms. The van der Waals surface area contributed by atoms with Gasteiger partial charge >= 0.3 is 0 Å². The molecule has 5 aliphatic heterocycles. The summed E-state index contributed by atoms with van der Waals surface area (Å²) in [5.41, 5.74) is 8.73. The van der Waals surface area contributed by atoms with Crippen molar-refractivity contribution in [3.8, 4) is 0 Å². The summed E-state index contributed by atoms with van der Waals surface area (Å²) >= 11 is 0. The van der Waals surface area contributed by atoms with Crippen LogP contribution in [-0.4, -0.2) is 282 Å². The molecule has 5 saturated heterocycles. The van der Waals surface area contributed by atoms with Crippen LogP contribution in [-0.2, 0) is 52.2 Å². The Morgan fingerprint density at radius 3 is 1.31 bits per heavy atom. The molecule has 5 heterocycles. The van der Waals surface area contributed by atoms with Crippen LogP contribution in [0, 0.1) is 44.1 Å². The van der Waals surface area contributed by atoms with Gasteiger partial charge in [-0.15, -0.1) is 0 Å². The molecule has 18 unspecified atom stereocenters. The normalized spacial score (nSPS) is 47.0. The number of carbonyl (C=O) groups excluding carboxylic acids is 1. The third-order valence-corrected chi connectivity index (χ3v) is 11.3. The van der Waals surface area contributed by atoms with Gasteiger partial charge in [0.25, 0.3) is 0 Å². The molecule has 5 fully saturated rings. The Bertz CT molecular complexity index is 1400. The van der Waals surface area contributed by atoms with Crippen molar-refractivity contribution >= 4 is 5.91 Å². The van der Waals surface area contributed by atoms with Crippen molar-refractivity contribution < 1.29 is 173 Å². The molecule has 29 heteroatoms. The van der Waals surface area contributed by atoms with E-state index in [2.05, 4.69) is 5.32 Å². The fourth-order valence-corrected chi connectivity index (χ4v) is 7.70. The monoisotopic (exact) mass is 1170 g/mol. The minimum absolute atomic E-state index is 0. The fraction of sp³-hybridized carbons (Fsp3) is 0.972. The van der Waals surface area contributed by atoms with Gasteiger partial charge in [0.1, 0.15) is 116 Å². The van der Waals surface area contributed by atoms with Crippen LogP contribution in [0.5, 0.6) is 0 Å². The minimum atomic E-state index is -2.07. The van der Waals surface area contributed by atoms with E-state index in [-0.39, 0.29) is 70.5 Å². The molecule has 0 aliphatic carbocycles. The summed E-state index contributed by atoms with van der Waals surface area (Å²) in [6.45, 7) is -2.95. The first-order valence-electron chi connectivity index (χ1n) is 20.2. The van der Waals surface area contributed by atoms with Gasteiger partial charge in [0.05, 0.1) is 45.7 Å². The largest absolute Gasteiger partial charge is 0.668 e. The van der Waals surface area contributed by atoms with Crippen molar-refractivity contribution in [1.29, 1.82) is 0 Å². The van der Waals surface area contributed by atoms with E-state index in [4.69, 9.17) is 53.1 Å². The van der Waals surface area contributed by atoms with Gasteiger partial charge < -0.3 is 135 Å². The Balaban J connectivity index is 0.00000561. The Labute approximate surface area is 408 Å². The molecule has 379 valence electrons. The third kappa shape index (κ3) is 13.6. The maximum Gasteiger partial charge on any atom is 0.216 e. The van der Waals surface area contributed by atoms with E-state index >= 15 is 0 Å². The van der Waals surface area contributed by atoms with Crippen molar-refractivity contribution in [2.45, 2.75) is 174 Å². The molecular formula is C36H65AcN2O26-. The predicted molar refractivity (Wildman–Crippen MR) is 202 cm³/mol. The standard InChI is InChI=1S/C35H61N2O26.CH4.Ac/c1-10(43)37-3-2-4-54-32-24(51)22(49)28(15(9-42)59-32)61-35-25(52)29(18(45)12(6-39)57-35)62-31-16(36)20(47)27(14(8-41)58-31)60-34-26(53)30(19(46)13(7-40)56-34)63-33-23(50)21(48)17(44)11(5-38)55-33;;/h11-36,38-42,44-53H,2-9H2,1H3,(H,37,43);1H4;/q-1;;/t11?,12?,13?,14?,15?,16?,17-,18-,19-,20?,21?,22?,23?,24?,25?,26?,27+,28+,29?,30?,31-,32?,33?,34?,35-;;/m0../s1. The Kier molecular flexibility index (Phi) is 24.5. The fourth-order valence-electron chi connectivity index (χ4n) is 7.70. The van der Waals surface area contributed by atoms with Crippen molar-refractivity contribution in [3.05, 3.63) is 5.73 Å². The van der Waals surface area contributed by atoms with Crippen LogP contribution in [0.1, 0.15) is 20.8 Å². The van der Waals surface area contributed by atoms with E-state index in [9.17, 15) is 81.4 Å². The summed E-state index contributed by atoms with van der Waals surface area (Å²) in [6, 6.07) is -1.93. The van der Waals surface area contributed by atoms with E-state index in [1.807, 2.05) is 0 Å². The van der Waals surface area contributed by atoms with E-state index in [1.54, 1.807) is 0 Å². The smallest absolute Gasteiger partial charge is 0.216 e. The molecule has 1 radical (unpaired) electrons. The minimum Gasteiger partial charge on any atom is -0.668 e. The molecule has 0 aromatic rings. The molecule has 0 saturated carbocycles. The summed E-state index contributed by atoms with van der Waals surface area (Å²) in [5, 5.41) is 161. The molecule has 28 nitrogen and oxygen atoms in total. The van der Waals surface area contributed by atoms with Crippen molar-refractivity contribution in [3.63, 3.8) is 0 Å². The van der Waals surface area contributed by atoms with Gasteiger partial charge in [0, 0.05) is 57.5 Å². The molecule has 17 N–H and O–H groups in total. The number of nitrogens with one attached hydrogen (secondary N) is 2. The number of aliphatic hydroxyl groups excluding tert-OH is 15. The average Bonchev–Trinajstić information content (AvgIpc) is 3.26. The van der Waals surface area contributed by atoms with Gasteiger partial charge in [0.15, 0.2) is 25.2 Å². The summed E-state index contributed by atoms with van der Waals surface area (Å²) in [6.07, 6.45) is -42.8. The van der Waals surface area contributed by atoms with Gasteiger partial charge in [-0.3, -0.25) is 4.79 Å². The van der Waals surface area contributed by atoms with Crippen LogP contribution in [0.25, 0.3) is 5.73 Å². The van der Waals surface area contributed by atoms with Gasteiger partial charge in [-0.2, -0.15) is 0 Å². The van der Waals surface area contributed by atoms with Gasteiger partial charge in [-0.25, -0.2) is 0 Å². The summed E-state index contributed by atoms with van der Waals surface area (Å²) in [5.74, 6) is -0.275. The Morgan fingerprint density at radius 1 is 0.477 bits per heavy atom. The number of hydrogen-bond donors (Lipinski definition) is 16. The van der Waals surface area contributed by atoms with E-state index in [1.165, 1.54) is 6.92 Å². The Hall–Kier alpha value is -0.128. The average molecular weight is 1170 g/mol. The zero-order chi connectivity index (χ0) is 46.4. The maximum absolute atomic E-state index is 11.4. The van der Waals surface area contributed by atoms with Crippen molar-refractivity contribution in [2.75, 3.05) is 46.2 Å². The second-order valence-corrected chi connectivity index (χ2v) is 15.7. The second kappa shape index (κ2) is 26.9. The zero-order valence-corrected chi connectivity index (χ0v) is 39.1. The summed E-state index contributed by atoms with van der Waals surface area (Å²) < 4.78 is 55.9. The van der Waals surface area contributed by atoms with Gasteiger partial charge in [-0.05, 0) is 6.42 Å². The summed E-state index contributed by atoms with van der Waals surface area (Å²) in [4.78, 5) is 11.1. The molecule has 0 aromatic heterocycles. The van der Waals surface area contributed by atoms with E-state index < -0.39 is 187 Å². The summed E-state index contributed by atoms with van der Waals surface area (Å²) in [7, 11) is 0. The zero-order valence-electron chi connectivity index (χ0n) is 34.4. The number of rotatable bonds is 18.